The molecule has 0 bridgehead atoms. The lowest BCUT2D eigenvalue weighted by Crippen LogP contribution is -2.47. The largest absolute Gasteiger partial charge is 0.463 e. The molecule has 0 aromatic carbocycles. The van der Waals surface area contributed by atoms with Crippen molar-refractivity contribution in [3.63, 3.8) is 0 Å². The van der Waals surface area contributed by atoms with Gasteiger partial charge >= 0.3 is 23.9 Å². The van der Waals surface area contributed by atoms with Crippen molar-refractivity contribution >= 4 is 35.4 Å². The standard InChI is InChI=1S/C16H22O10/c1-5-23-15(21)13(25-11(19)7-9(3)17)14(16(22)24-6-2)26-12(20)8-10(4)18/h13-14H,5-8H2,1-4H3/t13-,14-/m0/s1. The van der Waals surface area contributed by atoms with Crippen molar-refractivity contribution in [1.82, 2.24) is 0 Å². The Morgan fingerprint density at radius 3 is 1.19 bits per heavy atom. The lowest BCUT2D eigenvalue weighted by atomic mass is 10.2. The molecule has 0 unspecified atom stereocenters. The second-order valence-corrected chi connectivity index (χ2v) is 5.08. The Kier molecular flexibility index (Phi) is 10.5. The molecule has 2 atom stereocenters. The van der Waals surface area contributed by atoms with Crippen molar-refractivity contribution in [3.8, 4) is 0 Å². The monoisotopic (exact) mass is 374 g/mol. The molecule has 0 amide bonds. The minimum Gasteiger partial charge on any atom is -0.463 e. The Bertz CT molecular complexity index is 515. The summed E-state index contributed by atoms with van der Waals surface area (Å²) in [6.07, 6.45) is -5.27. The van der Waals surface area contributed by atoms with Gasteiger partial charge in [0.15, 0.2) is 0 Å². The summed E-state index contributed by atoms with van der Waals surface area (Å²) in [7, 11) is 0. The van der Waals surface area contributed by atoms with Gasteiger partial charge in [-0.05, 0) is 27.7 Å². The minimum atomic E-state index is -1.98. The van der Waals surface area contributed by atoms with Crippen LogP contribution in [0.3, 0.4) is 0 Å². The quantitative estimate of drug-likeness (QED) is 0.273. The molecule has 0 aromatic heterocycles. The highest BCUT2D eigenvalue weighted by Gasteiger charge is 2.42. The average Bonchev–Trinajstić information content (AvgIpc) is 2.49. The number of hydrogen-bond acceptors (Lipinski definition) is 10. The Morgan fingerprint density at radius 1 is 0.654 bits per heavy atom. The smallest absolute Gasteiger partial charge is 0.352 e. The molecule has 0 N–H and O–H groups in total. The summed E-state index contributed by atoms with van der Waals surface area (Å²) in [6.45, 7) is 4.95. The maximum Gasteiger partial charge on any atom is 0.352 e. The molecule has 0 saturated heterocycles. The lowest BCUT2D eigenvalue weighted by molar-refractivity contribution is -0.191. The first kappa shape index (κ1) is 23.2. The van der Waals surface area contributed by atoms with Crippen LogP contribution in [0.4, 0.5) is 0 Å². The van der Waals surface area contributed by atoms with E-state index in [9.17, 15) is 28.8 Å². The fraction of sp³-hybridized carbons (Fsp3) is 0.625. The van der Waals surface area contributed by atoms with Gasteiger partial charge in [0.25, 0.3) is 0 Å². The van der Waals surface area contributed by atoms with E-state index in [-0.39, 0.29) is 13.2 Å². The molecule has 26 heavy (non-hydrogen) atoms. The molecule has 0 aliphatic rings. The highest BCUT2D eigenvalue weighted by atomic mass is 16.6. The number of hydrogen-bond donors (Lipinski definition) is 0. The van der Waals surface area contributed by atoms with Gasteiger partial charge in [0.05, 0.1) is 13.2 Å². The summed E-state index contributed by atoms with van der Waals surface area (Å²) in [5.41, 5.74) is 0. The minimum absolute atomic E-state index is 0.115. The maximum atomic E-state index is 12.1. The van der Waals surface area contributed by atoms with Crippen LogP contribution in [0.1, 0.15) is 40.5 Å². The number of carbonyl (C=O) groups is 6. The van der Waals surface area contributed by atoms with Crippen LogP contribution in [-0.4, -0.2) is 60.9 Å². The first-order valence-electron chi connectivity index (χ1n) is 7.83. The van der Waals surface area contributed by atoms with Crippen LogP contribution in [0.25, 0.3) is 0 Å². The summed E-state index contributed by atoms with van der Waals surface area (Å²) in [6, 6.07) is 0. The van der Waals surface area contributed by atoms with Crippen molar-refractivity contribution in [2.24, 2.45) is 0 Å². The van der Waals surface area contributed by atoms with E-state index in [0.29, 0.717) is 0 Å². The Labute approximate surface area is 150 Å². The van der Waals surface area contributed by atoms with Crippen molar-refractivity contribution in [1.29, 1.82) is 0 Å². The molecule has 0 saturated carbocycles. The molecule has 0 radical (unpaired) electrons. The van der Waals surface area contributed by atoms with Crippen LogP contribution in [0.2, 0.25) is 0 Å². The second-order valence-electron chi connectivity index (χ2n) is 5.08. The first-order chi connectivity index (χ1) is 12.1. The van der Waals surface area contributed by atoms with Gasteiger partial charge in [0.1, 0.15) is 24.4 Å². The number of carbonyl (C=O) groups excluding carboxylic acids is 6. The zero-order valence-corrected chi connectivity index (χ0v) is 15.1. The SMILES string of the molecule is CCOC(=O)[C@@H](OC(=O)CC(C)=O)[C@H](OC(=O)CC(C)=O)C(=O)OCC. The fourth-order valence-electron chi connectivity index (χ4n) is 1.69. The van der Waals surface area contributed by atoms with Gasteiger partial charge in [0.2, 0.25) is 12.2 Å². The van der Waals surface area contributed by atoms with E-state index in [2.05, 4.69) is 0 Å². The molecule has 0 aliphatic heterocycles. The summed E-state index contributed by atoms with van der Waals surface area (Å²) in [4.78, 5) is 69.6. The topological polar surface area (TPSA) is 139 Å². The third kappa shape index (κ3) is 8.90. The van der Waals surface area contributed by atoms with E-state index in [1.807, 2.05) is 0 Å². The molecule has 0 heterocycles. The van der Waals surface area contributed by atoms with Gasteiger partial charge in [-0.1, -0.05) is 0 Å². The van der Waals surface area contributed by atoms with Crippen LogP contribution in [-0.2, 0) is 47.7 Å². The van der Waals surface area contributed by atoms with E-state index >= 15 is 0 Å². The summed E-state index contributed by atoms with van der Waals surface area (Å²) >= 11 is 0. The molecule has 10 heteroatoms. The highest BCUT2D eigenvalue weighted by Crippen LogP contribution is 2.13. The zero-order chi connectivity index (χ0) is 20.3. The van der Waals surface area contributed by atoms with E-state index in [4.69, 9.17) is 18.9 Å². The van der Waals surface area contributed by atoms with Crippen LogP contribution in [0.15, 0.2) is 0 Å². The Hall–Kier alpha value is -2.78. The molecular weight excluding hydrogens is 352 g/mol. The van der Waals surface area contributed by atoms with Crippen LogP contribution >= 0.6 is 0 Å². The third-order valence-corrected chi connectivity index (χ3v) is 2.62. The predicted octanol–water partition coefficient (Wildman–Crippen LogP) is -0.106. The van der Waals surface area contributed by atoms with Gasteiger partial charge in [-0.2, -0.15) is 0 Å². The van der Waals surface area contributed by atoms with Gasteiger partial charge in [0, 0.05) is 0 Å². The maximum absolute atomic E-state index is 12.1. The first-order valence-corrected chi connectivity index (χ1v) is 7.83. The Morgan fingerprint density at radius 2 is 0.962 bits per heavy atom. The van der Waals surface area contributed by atoms with Crippen molar-refractivity contribution in [3.05, 3.63) is 0 Å². The number of rotatable bonds is 11. The zero-order valence-electron chi connectivity index (χ0n) is 15.1. The summed E-state index contributed by atoms with van der Waals surface area (Å²) < 4.78 is 19.1. The summed E-state index contributed by atoms with van der Waals surface area (Å²) in [5.74, 6) is -5.66. The van der Waals surface area contributed by atoms with Crippen molar-refractivity contribution in [2.45, 2.75) is 52.7 Å². The normalized spacial score (nSPS) is 12.3. The predicted molar refractivity (Wildman–Crippen MR) is 83.6 cm³/mol. The molecule has 0 aromatic rings. The van der Waals surface area contributed by atoms with Crippen LogP contribution in [0.5, 0.6) is 0 Å². The molecular formula is C16H22O10. The molecule has 0 fully saturated rings. The average molecular weight is 374 g/mol. The molecule has 0 rings (SSSR count). The second kappa shape index (κ2) is 11.7. The summed E-state index contributed by atoms with van der Waals surface area (Å²) in [5, 5.41) is 0. The lowest BCUT2D eigenvalue weighted by Gasteiger charge is -2.23. The Balaban J connectivity index is 5.58. The molecule has 0 spiro atoms. The van der Waals surface area contributed by atoms with E-state index in [1.54, 1.807) is 0 Å². The van der Waals surface area contributed by atoms with Crippen molar-refractivity contribution in [2.75, 3.05) is 13.2 Å². The molecule has 146 valence electrons. The molecule has 10 nitrogen and oxygen atoms in total. The number of ketones is 2. The van der Waals surface area contributed by atoms with E-state index < -0.39 is 60.5 Å². The number of ether oxygens (including phenoxy) is 4. The fourth-order valence-corrected chi connectivity index (χ4v) is 1.69. The van der Waals surface area contributed by atoms with Crippen LogP contribution in [0, 0.1) is 0 Å². The number of Topliss-reactive ketones (excluding diaryl/α,β-unsaturated/α-hetero) is 2. The van der Waals surface area contributed by atoms with Crippen LogP contribution < -0.4 is 0 Å². The van der Waals surface area contributed by atoms with Crippen molar-refractivity contribution < 1.29 is 47.7 Å². The van der Waals surface area contributed by atoms with E-state index in [0.717, 1.165) is 13.8 Å². The number of esters is 4. The highest BCUT2D eigenvalue weighted by molar-refractivity contribution is 5.97. The molecule has 0 aliphatic carbocycles. The van der Waals surface area contributed by atoms with E-state index in [1.165, 1.54) is 13.8 Å². The third-order valence-electron chi connectivity index (χ3n) is 2.62. The van der Waals surface area contributed by atoms with Gasteiger partial charge in [-0.15, -0.1) is 0 Å². The van der Waals surface area contributed by atoms with Gasteiger partial charge in [-0.3, -0.25) is 19.2 Å². The van der Waals surface area contributed by atoms with Gasteiger partial charge < -0.3 is 18.9 Å². The van der Waals surface area contributed by atoms with Gasteiger partial charge in [-0.25, -0.2) is 9.59 Å².